The van der Waals surface area contributed by atoms with Gasteiger partial charge in [-0.1, -0.05) is 5.16 Å². The second kappa shape index (κ2) is 5.73. The number of rotatable bonds is 3. The van der Waals surface area contributed by atoms with Crippen molar-refractivity contribution in [2.75, 3.05) is 0 Å². The monoisotopic (exact) mass is 321 g/mol. The SMILES string of the molecule is Cc1ncccc1Oc1ccc2c(-c3ccc(F)cc3)noc2n1. The van der Waals surface area contributed by atoms with E-state index in [1.54, 1.807) is 30.5 Å². The molecule has 0 spiro atoms. The van der Waals surface area contributed by atoms with Crippen LogP contribution in [0.3, 0.4) is 0 Å². The summed E-state index contributed by atoms with van der Waals surface area (Å²) in [5.41, 5.74) is 2.49. The van der Waals surface area contributed by atoms with Gasteiger partial charge in [0.15, 0.2) is 5.75 Å². The molecule has 0 N–H and O–H groups in total. The smallest absolute Gasteiger partial charge is 0.261 e. The van der Waals surface area contributed by atoms with Crippen LogP contribution in [0.2, 0.25) is 0 Å². The van der Waals surface area contributed by atoms with Crippen molar-refractivity contribution >= 4 is 11.1 Å². The van der Waals surface area contributed by atoms with E-state index in [2.05, 4.69) is 15.1 Å². The van der Waals surface area contributed by atoms with Crippen LogP contribution in [0.5, 0.6) is 11.6 Å². The Morgan fingerprint density at radius 1 is 1.04 bits per heavy atom. The molecule has 1 aromatic carbocycles. The zero-order valence-corrected chi connectivity index (χ0v) is 12.7. The van der Waals surface area contributed by atoms with Gasteiger partial charge in [0.1, 0.15) is 11.5 Å². The molecule has 0 atom stereocenters. The topological polar surface area (TPSA) is 61.0 Å². The number of pyridine rings is 2. The van der Waals surface area contributed by atoms with E-state index < -0.39 is 0 Å². The van der Waals surface area contributed by atoms with Gasteiger partial charge in [-0.15, -0.1) is 0 Å². The van der Waals surface area contributed by atoms with E-state index in [1.807, 2.05) is 19.1 Å². The summed E-state index contributed by atoms with van der Waals surface area (Å²) in [6.07, 6.45) is 1.70. The van der Waals surface area contributed by atoms with E-state index in [1.165, 1.54) is 12.1 Å². The van der Waals surface area contributed by atoms with Crippen molar-refractivity contribution in [2.45, 2.75) is 6.92 Å². The van der Waals surface area contributed by atoms with Gasteiger partial charge in [-0.2, -0.15) is 4.98 Å². The highest BCUT2D eigenvalue weighted by atomic mass is 19.1. The predicted molar refractivity (Wildman–Crippen MR) is 86.2 cm³/mol. The predicted octanol–water partition coefficient (Wildman–Crippen LogP) is 4.52. The Morgan fingerprint density at radius 2 is 1.88 bits per heavy atom. The van der Waals surface area contributed by atoms with Gasteiger partial charge in [-0.05, 0) is 49.4 Å². The highest BCUT2D eigenvalue weighted by Crippen LogP contribution is 2.30. The molecule has 4 rings (SSSR count). The summed E-state index contributed by atoms with van der Waals surface area (Å²) in [5, 5.41) is 4.77. The van der Waals surface area contributed by atoms with Crippen molar-refractivity contribution in [1.29, 1.82) is 0 Å². The summed E-state index contributed by atoms with van der Waals surface area (Å²) in [4.78, 5) is 8.49. The van der Waals surface area contributed by atoms with Crippen LogP contribution in [-0.2, 0) is 0 Å². The highest BCUT2D eigenvalue weighted by molar-refractivity contribution is 5.89. The number of fused-ring (bicyclic) bond motifs is 1. The Hall–Kier alpha value is -3.28. The van der Waals surface area contributed by atoms with Crippen molar-refractivity contribution in [3.8, 4) is 22.9 Å². The van der Waals surface area contributed by atoms with Crippen LogP contribution in [0, 0.1) is 12.7 Å². The molecule has 0 aliphatic rings. The minimum absolute atomic E-state index is 0.299. The van der Waals surface area contributed by atoms with Gasteiger partial charge in [0.2, 0.25) is 5.88 Å². The van der Waals surface area contributed by atoms with E-state index in [-0.39, 0.29) is 5.82 Å². The van der Waals surface area contributed by atoms with Crippen molar-refractivity contribution in [1.82, 2.24) is 15.1 Å². The number of benzene rings is 1. The maximum atomic E-state index is 13.1. The van der Waals surface area contributed by atoms with E-state index in [0.29, 0.717) is 23.0 Å². The fourth-order valence-electron chi connectivity index (χ4n) is 2.37. The number of hydrogen-bond acceptors (Lipinski definition) is 5. The van der Waals surface area contributed by atoms with Gasteiger partial charge < -0.3 is 9.26 Å². The number of aromatic nitrogens is 3. The molecule has 5 nitrogen and oxygen atoms in total. The van der Waals surface area contributed by atoms with Crippen LogP contribution in [0.25, 0.3) is 22.4 Å². The summed E-state index contributed by atoms with van der Waals surface area (Å²) < 4.78 is 24.1. The molecule has 3 heterocycles. The van der Waals surface area contributed by atoms with E-state index in [9.17, 15) is 4.39 Å². The van der Waals surface area contributed by atoms with Gasteiger partial charge in [0.25, 0.3) is 5.71 Å². The van der Waals surface area contributed by atoms with Gasteiger partial charge in [-0.25, -0.2) is 4.39 Å². The summed E-state index contributed by atoms with van der Waals surface area (Å²) >= 11 is 0. The fraction of sp³-hybridized carbons (Fsp3) is 0.0556. The maximum Gasteiger partial charge on any atom is 0.261 e. The van der Waals surface area contributed by atoms with Gasteiger partial charge >= 0.3 is 0 Å². The molecule has 6 heteroatoms. The van der Waals surface area contributed by atoms with Gasteiger partial charge in [0.05, 0.1) is 11.1 Å². The quantitative estimate of drug-likeness (QED) is 0.555. The number of nitrogens with zero attached hydrogens (tertiary/aromatic N) is 3. The van der Waals surface area contributed by atoms with E-state index >= 15 is 0 Å². The Bertz CT molecular complexity index is 1010. The van der Waals surface area contributed by atoms with E-state index in [0.717, 1.165) is 16.6 Å². The molecule has 0 radical (unpaired) electrons. The van der Waals surface area contributed by atoms with Crippen LogP contribution in [-0.4, -0.2) is 15.1 Å². The van der Waals surface area contributed by atoms with Crippen LogP contribution >= 0.6 is 0 Å². The van der Waals surface area contributed by atoms with Crippen LogP contribution in [0.15, 0.2) is 59.3 Å². The Morgan fingerprint density at radius 3 is 2.67 bits per heavy atom. The summed E-state index contributed by atoms with van der Waals surface area (Å²) in [6, 6.07) is 13.2. The molecule has 4 aromatic rings. The fourth-order valence-corrected chi connectivity index (χ4v) is 2.37. The summed E-state index contributed by atoms with van der Waals surface area (Å²) in [5.74, 6) is 0.718. The Balaban J connectivity index is 1.70. The molecule has 0 saturated heterocycles. The molecule has 24 heavy (non-hydrogen) atoms. The van der Waals surface area contributed by atoms with Gasteiger partial charge in [0, 0.05) is 17.8 Å². The molecule has 118 valence electrons. The first-order chi connectivity index (χ1) is 11.7. The largest absolute Gasteiger partial charge is 0.437 e. The third-order valence-corrected chi connectivity index (χ3v) is 3.60. The lowest BCUT2D eigenvalue weighted by molar-refractivity contribution is 0.431. The molecule has 3 aromatic heterocycles. The minimum Gasteiger partial charge on any atom is -0.437 e. The van der Waals surface area contributed by atoms with Crippen LogP contribution < -0.4 is 4.74 Å². The average molecular weight is 321 g/mol. The van der Waals surface area contributed by atoms with Crippen LogP contribution in [0.1, 0.15) is 5.69 Å². The zero-order valence-electron chi connectivity index (χ0n) is 12.7. The molecular weight excluding hydrogens is 309 g/mol. The van der Waals surface area contributed by atoms with Crippen molar-refractivity contribution in [3.05, 3.63) is 66.2 Å². The first-order valence-corrected chi connectivity index (χ1v) is 7.32. The number of ether oxygens (including phenoxy) is 1. The lowest BCUT2D eigenvalue weighted by Gasteiger charge is -2.06. The second-order valence-corrected chi connectivity index (χ2v) is 5.23. The lowest BCUT2D eigenvalue weighted by atomic mass is 10.1. The Kier molecular flexibility index (Phi) is 3.42. The average Bonchev–Trinajstić information content (AvgIpc) is 3.01. The van der Waals surface area contributed by atoms with Crippen molar-refractivity contribution < 1.29 is 13.7 Å². The first-order valence-electron chi connectivity index (χ1n) is 7.32. The molecule has 0 amide bonds. The number of hydrogen-bond donors (Lipinski definition) is 0. The maximum absolute atomic E-state index is 13.1. The van der Waals surface area contributed by atoms with Crippen molar-refractivity contribution in [3.63, 3.8) is 0 Å². The molecule has 0 fully saturated rings. The van der Waals surface area contributed by atoms with E-state index in [4.69, 9.17) is 9.26 Å². The molecule has 0 saturated carbocycles. The summed E-state index contributed by atoms with van der Waals surface area (Å²) in [6.45, 7) is 1.86. The lowest BCUT2D eigenvalue weighted by Crippen LogP contribution is -1.91. The molecular formula is C18H12FN3O2. The first kappa shape index (κ1) is 14.3. The number of aryl methyl sites for hydroxylation is 1. The molecule has 0 aliphatic heterocycles. The normalized spacial score (nSPS) is 10.9. The third kappa shape index (κ3) is 2.58. The summed E-state index contributed by atoms with van der Waals surface area (Å²) in [7, 11) is 0. The molecule has 0 bridgehead atoms. The van der Waals surface area contributed by atoms with Crippen molar-refractivity contribution in [2.24, 2.45) is 0 Å². The Labute approximate surface area is 136 Å². The third-order valence-electron chi connectivity index (χ3n) is 3.60. The molecule has 0 unspecified atom stereocenters. The number of halogens is 1. The van der Waals surface area contributed by atoms with Gasteiger partial charge in [-0.3, -0.25) is 4.98 Å². The minimum atomic E-state index is -0.299. The zero-order chi connectivity index (χ0) is 16.5. The second-order valence-electron chi connectivity index (χ2n) is 5.23. The standard InChI is InChI=1S/C18H12FN3O2/c1-11-15(3-2-10-20-11)23-16-9-8-14-17(22-24-18(14)21-16)12-4-6-13(19)7-5-12/h2-10H,1H3. The highest BCUT2D eigenvalue weighted by Gasteiger charge is 2.13. The molecule has 0 aliphatic carbocycles. The van der Waals surface area contributed by atoms with Crippen LogP contribution in [0.4, 0.5) is 4.39 Å².